The van der Waals surface area contributed by atoms with Crippen molar-refractivity contribution in [3.05, 3.63) is 29.3 Å². The molecule has 0 aromatic heterocycles. The van der Waals surface area contributed by atoms with Gasteiger partial charge in [-0.15, -0.1) is 0 Å². The van der Waals surface area contributed by atoms with Gasteiger partial charge in [0, 0.05) is 42.9 Å². The number of hydrogen-bond acceptors (Lipinski definition) is 10. The van der Waals surface area contributed by atoms with Crippen LogP contribution in [-0.2, 0) is 23.9 Å². The largest absolute Gasteiger partial charge is 0.494 e. The van der Waals surface area contributed by atoms with Crippen LogP contribution in [-0.4, -0.2) is 121 Å². The Labute approximate surface area is 344 Å². The zero-order valence-corrected chi connectivity index (χ0v) is 34.1. The predicted octanol–water partition coefficient (Wildman–Crippen LogP) is 5.55. The molecule has 14 nitrogen and oxygen atoms in total. The van der Waals surface area contributed by atoms with Crippen LogP contribution in [0.15, 0.2) is 24.3 Å². The van der Waals surface area contributed by atoms with Crippen molar-refractivity contribution in [3.8, 4) is 17.2 Å². The maximum atomic E-state index is 14.6. The number of carbonyl (C=O) groups is 4. The molecule has 58 heavy (non-hydrogen) atoms. The van der Waals surface area contributed by atoms with Gasteiger partial charge in [0.2, 0.25) is 11.8 Å². The van der Waals surface area contributed by atoms with E-state index >= 15 is 0 Å². The second-order valence-corrected chi connectivity index (χ2v) is 17.5. The van der Waals surface area contributed by atoms with Gasteiger partial charge < -0.3 is 44.3 Å². The number of fused-ring (bicyclic) bond motifs is 4. The first kappa shape index (κ1) is 40.8. The minimum absolute atomic E-state index is 0.0382. The van der Waals surface area contributed by atoms with E-state index in [-0.39, 0.29) is 25.0 Å². The number of halogens is 1. The number of carbonyl (C=O) groups excluding carboxylic acids is 3. The maximum absolute atomic E-state index is 14.6. The van der Waals surface area contributed by atoms with Crippen molar-refractivity contribution >= 4 is 46.3 Å². The van der Waals surface area contributed by atoms with Gasteiger partial charge in [0.25, 0.3) is 0 Å². The third kappa shape index (κ3) is 9.08. The predicted molar refractivity (Wildman–Crippen MR) is 214 cm³/mol. The van der Waals surface area contributed by atoms with Gasteiger partial charge in [0.1, 0.15) is 53.7 Å². The fourth-order valence-corrected chi connectivity index (χ4v) is 9.98. The van der Waals surface area contributed by atoms with Crippen LogP contribution < -0.4 is 24.8 Å². The Morgan fingerprint density at radius 3 is 2.47 bits per heavy atom. The number of carboxylic acid groups (broad SMARTS) is 1. The molecule has 316 valence electrons. The molecule has 0 unspecified atom stereocenters. The zero-order chi connectivity index (χ0) is 40.4. The monoisotopic (exact) mass is 824 g/mol. The van der Waals surface area contributed by atoms with E-state index in [4.69, 9.17) is 35.3 Å². The van der Waals surface area contributed by atoms with Crippen LogP contribution in [0.1, 0.15) is 84.0 Å². The highest BCUT2D eigenvalue weighted by Crippen LogP contribution is 2.52. The fourth-order valence-electron chi connectivity index (χ4n) is 9.70. The Morgan fingerprint density at radius 2 is 1.71 bits per heavy atom. The van der Waals surface area contributed by atoms with Gasteiger partial charge in [-0.1, -0.05) is 43.7 Å². The summed E-state index contributed by atoms with van der Waals surface area (Å²) in [5, 5.41) is 17.8. The molecule has 3 heterocycles. The molecular weight excluding hydrogens is 768 g/mol. The Hall–Kier alpha value is -4.01. The molecule has 3 saturated carbocycles. The number of carboxylic acids is 1. The molecule has 3 aliphatic carbocycles. The van der Waals surface area contributed by atoms with Crippen molar-refractivity contribution in [2.45, 2.75) is 114 Å². The number of morpholine rings is 1. The number of hydrogen-bond donors (Lipinski definition) is 3. The fraction of sp³-hybridized carbons (Fsp3) is 0.674. The van der Waals surface area contributed by atoms with Crippen LogP contribution in [0.4, 0.5) is 4.79 Å². The molecule has 8 atom stereocenters. The smallest absolute Gasteiger partial charge is 0.408 e. The van der Waals surface area contributed by atoms with Gasteiger partial charge >= 0.3 is 12.1 Å². The van der Waals surface area contributed by atoms with E-state index in [9.17, 15) is 24.3 Å². The number of nitrogens with one attached hydrogen (secondary N) is 2. The van der Waals surface area contributed by atoms with Gasteiger partial charge in [0.05, 0.1) is 31.4 Å². The summed E-state index contributed by atoms with van der Waals surface area (Å²) in [5.74, 6) is 0.580. The molecule has 3 amide bonds. The molecule has 6 fully saturated rings. The highest BCUT2D eigenvalue weighted by Gasteiger charge is 2.62. The van der Waals surface area contributed by atoms with Crippen molar-refractivity contribution in [1.29, 1.82) is 0 Å². The van der Waals surface area contributed by atoms with Crippen LogP contribution in [0.5, 0.6) is 17.2 Å². The molecular formula is C43H57ClN4O10. The van der Waals surface area contributed by atoms with Crippen LogP contribution in [0, 0.1) is 17.8 Å². The third-order valence-corrected chi connectivity index (χ3v) is 13.5. The summed E-state index contributed by atoms with van der Waals surface area (Å²) in [6.45, 7) is 6.63. The summed E-state index contributed by atoms with van der Waals surface area (Å²) < 4.78 is 30.0. The van der Waals surface area contributed by atoms with Gasteiger partial charge in [-0.2, -0.15) is 0 Å². The number of benzene rings is 2. The summed E-state index contributed by atoms with van der Waals surface area (Å²) in [5.41, 5.74) is -1.37. The quantitative estimate of drug-likeness (QED) is 0.260. The van der Waals surface area contributed by atoms with Crippen LogP contribution >= 0.6 is 11.6 Å². The topological polar surface area (TPSA) is 165 Å². The number of nitrogens with zero attached hydrogens (tertiary/aromatic N) is 2. The standard InChI is InChI=1S/C43H57ClN4O10/c1-2-55-29-21-33-32(10-11-36(38(33)44)56-17-14-47-12-15-54-16-13-47)37(23-29)57-31-22-35-39(49)46-43(41(51)52)24-28(43)8-6-4-3-5-7-9-34(40(50)48(35)25-31)45-42(53)58-30-19-26-18-27(26)20-30/h10-11,21,23,26-28,30-31,34-35H,2-9,12-20,22,24-25H2,1H3,(H,45,53)(H,46,49)(H,51,52)/t26-,27+,28-,30+,31-,34+,35+,43-/m1/s1. The molecule has 2 aromatic carbocycles. The van der Waals surface area contributed by atoms with Crippen LogP contribution in [0.25, 0.3) is 10.8 Å². The van der Waals surface area contributed by atoms with Crippen molar-refractivity contribution < 1.29 is 48.0 Å². The maximum Gasteiger partial charge on any atom is 0.408 e. The highest BCUT2D eigenvalue weighted by molar-refractivity contribution is 6.37. The first-order valence-electron chi connectivity index (χ1n) is 21.4. The molecule has 6 aliphatic rings. The molecule has 15 heteroatoms. The van der Waals surface area contributed by atoms with E-state index < -0.39 is 47.6 Å². The number of ether oxygens (including phenoxy) is 5. The highest BCUT2D eigenvalue weighted by atomic mass is 35.5. The third-order valence-electron chi connectivity index (χ3n) is 13.1. The molecule has 3 N–H and O–H groups in total. The lowest BCUT2D eigenvalue weighted by Crippen LogP contribution is -2.56. The minimum Gasteiger partial charge on any atom is -0.494 e. The summed E-state index contributed by atoms with van der Waals surface area (Å²) in [6, 6.07) is 5.37. The number of alkyl carbamates (subject to hydrolysis) is 1. The lowest BCUT2D eigenvalue weighted by Gasteiger charge is -2.29. The Balaban J connectivity index is 1.04. The minimum atomic E-state index is -1.37. The molecule has 0 bridgehead atoms. The normalized spacial score (nSPS) is 31.5. The lowest BCUT2D eigenvalue weighted by atomic mass is 10.0. The van der Waals surface area contributed by atoms with Crippen LogP contribution in [0.2, 0.25) is 5.02 Å². The zero-order valence-electron chi connectivity index (χ0n) is 33.4. The first-order valence-corrected chi connectivity index (χ1v) is 21.8. The van der Waals surface area contributed by atoms with Gasteiger partial charge in [-0.05, 0) is 81.4 Å². The second kappa shape index (κ2) is 17.7. The summed E-state index contributed by atoms with van der Waals surface area (Å²) in [7, 11) is 0. The molecule has 0 spiro atoms. The van der Waals surface area contributed by atoms with E-state index in [1.54, 1.807) is 6.07 Å². The summed E-state index contributed by atoms with van der Waals surface area (Å²) in [4.78, 5) is 58.5. The SMILES string of the molecule is CCOc1cc(O[C@@H]2C[C@H]3C(=O)N[C@]4(C(=O)O)C[C@H]4CCCCCCC[C@H](NC(=O)O[C@@H]4C[C@@H]5C[C@@H]5C4)C(=O)N3C2)c2ccc(OCCN3CCOCC3)c(Cl)c2c1. The first-order chi connectivity index (χ1) is 28.1. The number of rotatable bonds is 11. The van der Waals surface area contributed by atoms with Gasteiger partial charge in [0.15, 0.2) is 0 Å². The lowest BCUT2D eigenvalue weighted by molar-refractivity contribution is -0.146. The van der Waals surface area contributed by atoms with Crippen molar-refractivity contribution in [3.63, 3.8) is 0 Å². The Morgan fingerprint density at radius 1 is 0.948 bits per heavy atom. The van der Waals surface area contributed by atoms with Gasteiger partial charge in [-0.25, -0.2) is 9.59 Å². The summed E-state index contributed by atoms with van der Waals surface area (Å²) in [6.07, 6.45) is 7.29. The second-order valence-electron chi connectivity index (χ2n) is 17.1. The number of aliphatic carboxylic acids is 1. The Kier molecular flexibility index (Phi) is 12.4. The number of amides is 3. The van der Waals surface area contributed by atoms with Crippen molar-refractivity contribution in [2.75, 3.05) is 52.6 Å². The molecule has 2 aromatic rings. The van der Waals surface area contributed by atoms with Crippen molar-refractivity contribution in [2.24, 2.45) is 17.8 Å². The average molecular weight is 825 g/mol. The average Bonchev–Trinajstić information content (AvgIpc) is 4.01. The van der Waals surface area contributed by atoms with E-state index in [0.29, 0.717) is 97.0 Å². The van der Waals surface area contributed by atoms with Crippen molar-refractivity contribution in [1.82, 2.24) is 20.4 Å². The Bertz CT molecular complexity index is 1850. The van der Waals surface area contributed by atoms with E-state index in [1.807, 2.05) is 25.1 Å². The molecule has 3 saturated heterocycles. The van der Waals surface area contributed by atoms with E-state index in [2.05, 4.69) is 15.5 Å². The summed E-state index contributed by atoms with van der Waals surface area (Å²) >= 11 is 7.00. The molecule has 3 aliphatic heterocycles. The van der Waals surface area contributed by atoms with Gasteiger partial charge in [-0.3, -0.25) is 14.5 Å². The molecule has 8 rings (SSSR count). The van der Waals surface area contributed by atoms with Crippen LogP contribution in [0.3, 0.4) is 0 Å². The van der Waals surface area contributed by atoms with E-state index in [0.717, 1.165) is 58.2 Å². The molecule has 0 radical (unpaired) electrons. The van der Waals surface area contributed by atoms with E-state index in [1.165, 1.54) is 11.3 Å².